The number of carbonyl (C=O) groups excluding carboxylic acids is 3. The van der Waals surface area contributed by atoms with Gasteiger partial charge in [0.1, 0.15) is 17.4 Å². The van der Waals surface area contributed by atoms with Crippen molar-refractivity contribution in [3.8, 4) is 5.75 Å². The number of carbonyl (C=O) groups is 3. The Morgan fingerprint density at radius 3 is 2.55 bits per heavy atom. The summed E-state index contributed by atoms with van der Waals surface area (Å²) < 4.78 is 37.2. The number of halogens is 2. The van der Waals surface area contributed by atoms with E-state index in [1.807, 2.05) is 6.92 Å². The number of hydrogen-bond acceptors (Lipinski definition) is 5. The molecule has 0 radical (unpaired) electrons. The number of ether oxygens (including phenoxy) is 2. The second-order valence-electron chi connectivity index (χ2n) is 7.02. The Morgan fingerprint density at radius 1 is 1.19 bits per heavy atom. The number of amides is 2. The SMILES string of the molecule is CCOc1ccc(N2CC(C(=O)OC(C)C(=O)Nc3ccc(F)cc3F)CC2=O)cc1. The van der Waals surface area contributed by atoms with Crippen LogP contribution in [0.25, 0.3) is 0 Å². The smallest absolute Gasteiger partial charge is 0.312 e. The summed E-state index contributed by atoms with van der Waals surface area (Å²) in [4.78, 5) is 38.5. The lowest BCUT2D eigenvalue weighted by Crippen LogP contribution is -2.33. The van der Waals surface area contributed by atoms with Crippen molar-refractivity contribution in [2.75, 3.05) is 23.4 Å². The third-order valence-corrected chi connectivity index (χ3v) is 4.77. The fraction of sp³-hybridized carbons (Fsp3) is 0.318. The first-order valence-corrected chi connectivity index (χ1v) is 9.78. The van der Waals surface area contributed by atoms with Gasteiger partial charge >= 0.3 is 5.97 Å². The van der Waals surface area contributed by atoms with Gasteiger partial charge in [-0.05, 0) is 50.2 Å². The van der Waals surface area contributed by atoms with Crippen molar-refractivity contribution < 1.29 is 32.6 Å². The van der Waals surface area contributed by atoms with E-state index < -0.39 is 35.5 Å². The maximum absolute atomic E-state index is 13.7. The zero-order valence-electron chi connectivity index (χ0n) is 17.1. The molecule has 31 heavy (non-hydrogen) atoms. The Bertz CT molecular complexity index is 980. The molecule has 164 valence electrons. The van der Waals surface area contributed by atoms with Gasteiger partial charge in [-0.2, -0.15) is 0 Å². The molecule has 0 bridgehead atoms. The Kier molecular flexibility index (Phi) is 6.84. The van der Waals surface area contributed by atoms with E-state index in [2.05, 4.69) is 5.32 Å². The van der Waals surface area contributed by atoms with Gasteiger partial charge in [0, 0.05) is 24.7 Å². The van der Waals surface area contributed by atoms with Crippen LogP contribution in [0.1, 0.15) is 20.3 Å². The maximum Gasteiger partial charge on any atom is 0.312 e. The molecule has 1 aliphatic rings. The predicted molar refractivity (Wildman–Crippen MR) is 109 cm³/mol. The highest BCUT2D eigenvalue weighted by Crippen LogP contribution is 2.28. The number of benzene rings is 2. The minimum Gasteiger partial charge on any atom is -0.494 e. The van der Waals surface area contributed by atoms with Crippen LogP contribution in [-0.4, -0.2) is 37.0 Å². The predicted octanol–water partition coefficient (Wildman–Crippen LogP) is 3.29. The minimum absolute atomic E-state index is 0.0486. The molecule has 0 spiro atoms. The molecular weight excluding hydrogens is 410 g/mol. The van der Waals surface area contributed by atoms with Gasteiger partial charge in [0.2, 0.25) is 5.91 Å². The van der Waals surface area contributed by atoms with Gasteiger partial charge in [-0.15, -0.1) is 0 Å². The standard InChI is InChI=1S/C22H22F2N2O5/c1-3-30-17-7-5-16(6-8-17)26-12-14(10-20(26)27)22(29)31-13(2)21(28)25-19-9-4-15(23)11-18(19)24/h4-9,11,13-14H,3,10,12H2,1-2H3,(H,25,28). The first-order chi connectivity index (χ1) is 14.8. The molecule has 2 aromatic carbocycles. The van der Waals surface area contributed by atoms with Crippen LogP contribution in [0.2, 0.25) is 0 Å². The Hall–Kier alpha value is -3.49. The first-order valence-electron chi connectivity index (χ1n) is 9.78. The van der Waals surface area contributed by atoms with E-state index in [0.29, 0.717) is 24.1 Å². The van der Waals surface area contributed by atoms with E-state index in [9.17, 15) is 23.2 Å². The number of anilines is 2. The summed E-state index contributed by atoms with van der Waals surface area (Å²) in [5.41, 5.74) is 0.397. The van der Waals surface area contributed by atoms with E-state index >= 15 is 0 Å². The monoisotopic (exact) mass is 432 g/mol. The highest BCUT2D eigenvalue weighted by Gasteiger charge is 2.37. The van der Waals surface area contributed by atoms with Gasteiger partial charge in [0.15, 0.2) is 6.10 Å². The fourth-order valence-electron chi connectivity index (χ4n) is 3.15. The lowest BCUT2D eigenvalue weighted by molar-refractivity contribution is -0.157. The Morgan fingerprint density at radius 2 is 1.90 bits per heavy atom. The number of nitrogens with one attached hydrogen (secondary N) is 1. The van der Waals surface area contributed by atoms with Crippen LogP contribution in [0, 0.1) is 17.6 Å². The van der Waals surface area contributed by atoms with Crippen LogP contribution >= 0.6 is 0 Å². The minimum atomic E-state index is -1.23. The number of rotatable bonds is 7. The van der Waals surface area contributed by atoms with Gasteiger partial charge in [-0.25, -0.2) is 8.78 Å². The highest BCUT2D eigenvalue weighted by molar-refractivity contribution is 6.00. The number of esters is 1. The van der Waals surface area contributed by atoms with E-state index in [4.69, 9.17) is 9.47 Å². The van der Waals surface area contributed by atoms with Crippen LogP contribution in [0.15, 0.2) is 42.5 Å². The topological polar surface area (TPSA) is 84.9 Å². The van der Waals surface area contributed by atoms with Crippen molar-refractivity contribution in [1.82, 2.24) is 0 Å². The lowest BCUT2D eigenvalue weighted by atomic mass is 10.1. The van der Waals surface area contributed by atoms with E-state index in [-0.39, 0.29) is 24.6 Å². The summed E-state index contributed by atoms with van der Waals surface area (Å²) in [5, 5.41) is 2.25. The fourth-order valence-corrected chi connectivity index (χ4v) is 3.15. The Labute approximate surface area is 177 Å². The molecule has 0 saturated carbocycles. The van der Waals surface area contributed by atoms with Gasteiger partial charge in [-0.3, -0.25) is 14.4 Å². The van der Waals surface area contributed by atoms with Crippen LogP contribution in [-0.2, 0) is 19.1 Å². The molecular formula is C22H22F2N2O5. The van der Waals surface area contributed by atoms with Gasteiger partial charge < -0.3 is 19.7 Å². The number of hydrogen-bond donors (Lipinski definition) is 1. The van der Waals surface area contributed by atoms with E-state index in [1.54, 1.807) is 24.3 Å². The van der Waals surface area contributed by atoms with Crippen LogP contribution in [0.4, 0.5) is 20.2 Å². The third-order valence-electron chi connectivity index (χ3n) is 4.77. The molecule has 1 heterocycles. The molecule has 9 heteroatoms. The van der Waals surface area contributed by atoms with E-state index in [1.165, 1.54) is 11.8 Å². The van der Waals surface area contributed by atoms with Gasteiger partial charge in [0.25, 0.3) is 5.91 Å². The van der Waals surface area contributed by atoms with Crippen LogP contribution in [0.5, 0.6) is 5.75 Å². The van der Waals surface area contributed by atoms with Crippen molar-refractivity contribution in [2.45, 2.75) is 26.4 Å². The molecule has 2 aromatic rings. The quantitative estimate of drug-likeness (QED) is 0.679. The van der Waals surface area contributed by atoms with Crippen LogP contribution < -0.4 is 15.0 Å². The zero-order valence-corrected chi connectivity index (χ0v) is 17.1. The molecule has 7 nitrogen and oxygen atoms in total. The van der Waals surface area contributed by atoms with E-state index in [0.717, 1.165) is 12.1 Å². The normalized spacial score (nSPS) is 16.7. The van der Waals surface area contributed by atoms with Crippen LogP contribution in [0.3, 0.4) is 0 Å². The maximum atomic E-state index is 13.7. The average Bonchev–Trinajstić information content (AvgIpc) is 3.12. The lowest BCUT2D eigenvalue weighted by Gasteiger charge is -2.18. The van der Waals surface area contributed by atoms with Crippen molar-refractivity contribution in [3.05, 3.63) is 54.1 Å². The van der Waals surface area contributed by atoms with Gasteiger partial charge in [-0.1, -0.05) is 0 Å². The molecule has 0 aromatic heterocycles. The summed E-state index contributed by atoms with van der Waals surface area (Å²) >= 11 is 0. The summed E-state index contributed by atoms with van der Waals surface area (Å²) in [7, 11) is 0. The summed E-state index contributed by atoms with van der Waals surface area (Å²) in [6.45, 7) is 3.84. The van der Waals surface area contributed by atoms with Gasteiger partial charge in [0.05, 0.1) is 18.2 Å². The zero-order chi connectivity index (χ0) is 22.5. The Balaban J connectivity index is 1.57. The van der Waals surface area contributed by atoms with Crippen molar-refractivity contribution in [3.63, 3.8) is 0 Å². The van der Waals surface area contributed by atoms with Crippen molar-refractivity contribution in [2.24, 2.45) is 5.92 Å². The second-order valence-corrected chi connectivity index (χ2v) is 7.02. The average molecular weight is 432 g/mol. The largest absolute Gasteiger partial charge is 0.494 e. The first kappa shape index (κ1) is 22.2. The summed E-state index contributed by atoms with van der Waals surface area (Å²) in [6.07, 6.45) is -1.28. The molecule has 1 fully saturated rings. The third kappa shape index (κ3) is 5.36. The molecule has 1 aliphatic heterocycles. The molecule has 3 rings (SSSR count). The second kappa shape index (κ2) is 9.55. The molecule has 2 amide bonds. The highest BCUT2D eigenvalue weighted by atomic mass is 19.1. The molecule has 0 aliphatic carbocycles. The molecule has 1 N–H and O–H groups in total. The summed E-state index contributed by atoms with van der Waals surface area (Å²) in [6, 6.07) is 9.62. The van der Waals surface area contributed by atoms with Crippen molar-refractivity contribution >= 4 is 29.2 Å². The molecule has 1 saturated heterocycles. The summed E-state index contributed by atoms with van der Waals surface area (Å²) in [5.74, 6) is -3.51. The molecule has 2 atom stereocenters. The van der Waals surface area contributed by atoms with Crippen molar-refractivity contribution in [1.29, 1.82) is 0 Å². The number of nitrogens with zero attached hydrogens (tertiary/aromatic N) is 1. The molecule has 2 unspecified atom stereocenters.